The van der Waals surface area contributed by atoms with Crippen molar-refractivity contribution in [3.8, 4) is 0 Å². The van der Waals surface area contributed by atoms with Gasteiger partial charge in [0.1, 0.15) is 5.82 Å². The van der Waals surface area contributed by atoms with Crippen molar-refractivity contribution in [1.29, 1.82) is 0 Å². The van der Waals surface area contributed by atoms with Crippen LogP contribution in [-0.4, -0.2) is 0 Å². The summed E-state index contributed by atoms with van der Waals surface area (Å²) in [5.74, 6) is -0.350. The van der Waals surface area contributed by atoms with E-state index >= 15 is 0 Å². The maximum Gasteiger partial charge on any atom is 0.146 e. The Bertz CT molecular complexity index is 237. The number of benzene rings is 1. The molecule has 0 aliphatic carbocycles. The van der Waals surface area contributed by atoms with Crippen LogP contribution in [-0.2, 0) is 5.33 Å². The van der Waals surface area contributed by atoms with Crippen LogP contribution < -0.4 is 5.73 Å². The quantitative estimate of drug-likeness (QED) is 0.551. The zero-order valence-electron chi connectivity index (χ0n) is 5.27. The second kappa shape index (κ2) is 3.01. The third-order valence-corrected chi connectivity index (χ3v) is 1.87. The standard InChI is InChI=1S/C7H7BrFN/c8-4-5-1-2-7(10)6(9)3-5/h1-3H,4,10H2. The van der Waals surface area contributed by atoms with Crippen LogP contribution in [0.1, 0.15) is 5.56 Å². The van der Waals surface area contributed by atoms with Gasteiger partial charge in [0.25, 0.3) is 0 Å². The number of halogens is 2. The number of anilines is 1. The van der Waals surface area contributed by atoms with Crippen molar-refractivity contribution >= 4 is 21.6 Å². The first-order chi connectivity index (χ1) is 4.74. The molecule has 0 heterocycles. The van der Waals surface area contributed by atoms with Crippen LogP contribution >= 0.6 is 15.9 Å². The molecule has 3 heteroatoms. The number of rotatable bonds is 1. The SMILES string of the molecule is Nc1ccc(CBr)cc1F. The van der Waals surface area contributed by atoms with Gasteiger partial charge in [-0.05, 0) is 17.7 Å². The van der Waals surface area contributed by atoms with Crippen molar-refractivity contribution in [2.75, 3.05) is 5.73 Å². The largest absolute Gasteiger partial charge is 0.396 e. The molecule has 1 nitrogen and oxygen atoms in total. The zero-order chi connectivity index (χ0) is 7.56. The second-order valence-electron chi connectivity index (χ2n) is 1.99. The molecule has 0 saturated heterocycles. The van der Waals surface area contributed by atoms with E-state index in [2.05, 4.69) is 15.9 Å². The Morgan fingerprint density at radius 3 is 2.70 bits per heavy atom. The molecular weight excluding hydrogens is 197 g/mol. The molecule has 0 bridgehead atoms. The van der Waals surface area contributed by atoms with Crippen molar-refractivity contribution in [3.05, 3.63) is 29.6 Å². The van der Waals surface area contributed by atoms with Gasteiger partial charge in [0.2, 0.25) is 0 Å². The summed E-state index contributed by atoms with van der Waals surface area (Å²) in [6, 6.07) is 4.77. The highest BCUT2D eigenvalue weighted by Gasteiger charge is 1.97. The third kappa shape index (κ3) is 1.48. The van der Waals surface area contributed by atoms with Crippen LogP contribution in [0.3, 0.4) is 0 Å². The number of alkyl halides is 1. The average molecular weight is 204 g/mol. The molecule has 0 saturated carbocycles. The Hall–Kier alpha value is -0.570. The van der Waals surface area contributed by atoms with E-state index in [-0.39, 0.29) is 11.5 Å². The topological polar surface area (TPSA) is 26.0 Å². The monoisotopic (exact) mass is 203 g/mol. The van der Waals surface area contributed by atoms with Gasteiger partial charge in [0, 0.05) is 5.33 Å². The van der Waals surface area contributed by atoms with E-state index in [4.69, 9.17) is 5.73 Å². The summed E-state index contributed by atoms with van der Waals surface area (Å²) in [4.78, 5) is 0. The van der Waals surface area contributed by atoms with E-state index in [0.29, 0.717) is 5.33 Å². The van der Waals surface area contributed by atoms with Gasteiger partial charge in [-0.25, -0.2) is 4.39 Å². The highest BCUT2D eigenvalue weighted by atomic mass is 79.9. The molecule has 0 unspecified atom stereocenters. The zero-order valence-corrected chi connectivity index (χ0v) is 6.86. The Balaban J connectivity index is 3.04. The fourth-order valence-corrected chi connectivity index (χ4v) is 1.00. The van der Waals surface area contributed by atoms with Gasteiger partial charge >= 0.3 is 0 Å². The fraction of sp³-hybridized carbons (Fsp3) is 0.143. The molecule has 54 valence electrons. The van der Waals surface area contributed by atoms with Crippen LogP contribution in [0.15, 0.2) is 18.2 Å². The highest BCUT2D eigenvalue weighted by Crippen LogP contribution is 2.13. The minimum absolute atomic E-state index is 0.199. The lowest BCUT2D eigenvalue weighted by atomic mass is 10.2. The highest BCUT2D eigenvalue weighted by molar-refractivity contribution is 9.08. The normalized spacial score (nSPS) is 9.80. The molecule has 0 atom stereocenters. The Kier molecular flexibility index (Phi) is 2.27. The molecule has 0 radical (unpaired) electrons. The fourth-order valence-electron chi connectivity index (χ4n) is 0.654. The molecule has 0 aliphatic rings. The number of hydrogen-bond donors (Lipinski definition) is 1. The van der Waals surface area contributed by atoms with Gasteiger partial charge in [0.05, 0.1) is 5.69 Å². The lowest BCUT2D eigenvalue weighted by Crippen LogP contribution is -1.90. The molecule has 0 spiro atoms. The van der Waals surface area contributed by atoms with Crippen LogP contribution in [0.4, 0.5) is 10.1 Å². The van der Waals surface area contributed by atoms with E-state index in [0.717, 1.165) is 5.56 Å². The van der Waals surface area contributed by atoms with Crippen molar-refractivity contribution in [2.24, 2.45) is 0 Å². The smallest absolute Gasteiger partial charge is 0.146 e. The van der Waals surface area contributed by atoms with Crippen molar-refractivity contribution in [3.63, 3.8) is 0 Å². The number of nitrogens with two attached hydrogens (primary N) is 1. The summed E-state index contributed by atoms with van der Waals surface area (Å²) in [5.41, 5.74) is 6.35. The third-order valence-electron chi connectivity index (χ3n) is 1.22. The van der Waals surface area contributed by atoms with Gasteiger partial charge in [-0.15, -0.1) is 0 Å². The first-order valence-electron chi connectivity index (χ1n) is 2.84. The molecule has 0 fully saturated rings. The maximum atomic E-state index is 12.6. The van der Waals surface area contributed by atoms with Gasteiger partial charge < -0.3 is 5.73 Å². The van der Waals surface area contributed by atoms with Crippen LogP contribution in [0.25, 0.3) is 0 Å². The molecule has 0 aromatic heterocycles. The van der Waals surface area contributed by atoms with Crippen molar-refractivity contribution < 1.29 is 4.39 Å². The lowest BCUT2D eigenvalue weighted by molar-refractivity contribution is 0.631. The summed E-state index contributed by atoms with van der Waals surface area (Å²) in [5, 5.41) is 0.657. The molecule has 10 heavy (non-hydrogen) atoms. The van der Waals surface area contributed by atoms with E-state index < -0.39 is 0 Å². The lowest BCUT2D eigenvalue weighted by Gasteiger charge is -1.97. The summed E-state index contributed by atoms with van der Waals surface area (Å²) in [7, 11) is 0. The van der Waals surface area contributed by atoms with Gasteiger partial charge in [0.15, 0.2) is 0 Å². The van der Waals surface area contributed by atoms with E-state index in [1.807, 2.05) is 0 Å². The molecule has 1 aromatic carbocycles. The predicted octanol–water partition coefficient (Wildman–Crippen LogP) is 2.30. The van der Waals surface area contributed by atoms with Gasteiger partial charge in [-0.1, -0.05) is 22.0 Å². The number of nitrogen functional groups attached to an aromatic ring is 1. The second-order valence-corrected chi connectivity index (χ2v) is 2.55. The molecule has 1 rings (SSSR count). The summed E-state index contributed by atoms with van der Waals surface area (Å²) in [6.45, 7) is 0. The van der Waals surface area contributed by atoms with Crippen LogP contribution in [0, 0.1) is 5.82 Å². The molecule has 0 aliphatic heterocycles. The Morgan fingerprint density at radius 2 is 2.20 bits per heavy atom. The maximum absolute atomic E-state index is 12.6. The molecular formula is C7H7BrFN. The van der Waals surface area contributed by atoms with E-state index in [1.165, 1.54) is 6.07 Å². The summed E-state index contributed by atoms with van der Waals surface area (Å²) >= 11 is 3.21. The van der Waals surface area contributed by atoms with Gasteiger partial charge in [-0.2, -0.15) is 0 Å². The van der Waals surface area contributed by atoms with Gasteiger partial charge in [-0.3, -0.25) is 0 Å². The predicted molar refractivity (Wildman–Crippen MR) is 43.4 cm³/mol. The van der Waals surface area contributed by atoms with Crippen molar-refractivity contribution in [2.45, 2.75) is 5.33 Å². The minimum atomic E-state index is -0.350. The summed E-state index contributed by atoms with van der Waals surface area (Å²) < 4.78 is 12.6. The minimum Gasteiger partial charge on any atom is -0.396 e. The van der Waals surface area contributed by atoms with Crippen LogP contribution in [0.2, 0.25) is 0 Å². The molecule has 0 amide bonds. The number of hydrogen-bond acceptors (Lipinski definition) is 1. The molecule has 1 aromatic rings. The van der Waals surface area contributed by atoms with E-state index in [9.17, 15) is 4.39 Å². The Labute approximate surface area is 67.2 Å². The van der Waals surface area contributed by atoms with Crippen molar-refractivity contribution in [1.82, 2.24) is 0 Å². The molecule has 2 N–H and O–H groups in total. The first-order valence-corrected chi connectivity index (χ1v) is 3.96. The average Bonchev–Trinajstić information content (AvgIpc) is 1.95. The summed E-state index contributed by atoms with van der Waals surface area (Å²) in [6.07, 6.45) is 0. The van der Waals surface area contributed by atoms with E-state index in [1.54, 1.807) is 12.1 Å². The first kappa shape index (κ1) is 7.54. The van der Waals surface area contributed by atoms with Crippen LogP contribution in [0.5, 0.6) is 0 Å². The Morgan fingerprint density at radius 1 is 1.50 bits per heavy atom.